The van der Waals surface area contributed by atoms with Crippen molar-refractivity contribution in [2.45, 2.75) is 44.0 Å². The number of ether oxygens (including phenoxy) is 2. The average Bonchev–Trinajstić information content (AvgIpc) is 2.48. The van der Waals surface area contributed by atoms with E-state index >= 15 is 0 Å². The zero-order chi connectivity index (χ0) is 14.5. The van der Waals surface area contributed by atoms with Gasteiger partial charge in [-0.1, -0.05) is 12.1 Å². The van der Waals surface area contributed by atoms with Crippen molar-refractivity contribution in [2.75, 3.05) is 13.7 Å². The first kappa shape index (κ1) is 15.4. The summed E-state index contributed by atoms with van der Waals surface area (Å²) < 4.78 is 37.5. The fraction of sp³-hybridized carbons (Fsp3) is 0.600. The number of benzene rings is 1. The van der Waals surface area contributed by atoms with Gasteiger partial charge in [0.1, 0.15) is 6.10 Å². The quantitative estimate of drug-likeness (QED) is 0.904. The van der Waals surface area contributed by atoms with Gasteiger partial charge in [-0.15, -0.1) is 0 Å². The highest BCUT2D eigenvalue weighted by molar-refractivity contribution is 5.21. The smallest absolute Gasteiger partial charge is 0.164 e. The van der Waals surface area contributed by atoms with Crippen LogP contribution in [0.25, 0.3) is 0 Å². The zero-order valence-corrected chi connectivity index (χ0v) is 11.5. The Morgan fingerprint density at radius 2 is 2.05 bits per heavy atom. The molecule has 0 radical (unpaired) electrons. The summed E-state index contributed by atoms with van der Waals surface area (Å²) in [5.41, 5.74) is -0.0656. The summed E-state index contributed by atoms with van der Waals surface area (Å²) >= 11 is 0. The zero-order valence-electron chi connectivity index (χ0n) is 11.5. The van der Waals surface area contributed by atoms with Crippen molar-refractivity contribution in [1.29, 1.82) is 0 Å². The molecular formula is C15H20F2O3. The van der Waals surface area contributed by atoms with Crippen molar-refractivity contribution in [3.63, 3.8) is 0 Å². The highest BCUT2D eigenvalue weighted by atomic mass is 19.2. The number of methoxy groups -OCH3 is 1. The second-order valence-corrected chi connectivity index (χ2v) is 5.14. The summed E-state index contributed by atoms with van der Waals surface area (Å²) in [6.45, 7) is -0.0402. The molecule has 1 aromatic carbocycles. The van der Waals surface area contributed by atoms with Crippen LogP contribution in [0.1, 0.15) is 37.4 Å². The second-order valence-electron chi connectivity index (χ2n) is 5.14. The van der Waals surface area contributed by atoms with Crippen molar-refractivity contribution in [1.82, 2.24) is 0 Å². The third-order valence-electron chi connectivity index (χ3n) is 3.74. The van der Waals surface area contributed by atoms with Gasteiger partial charge in [0.25, 0.3) is 0 Å². The molecule has 1 fully saturated rings. The van der Waals surface area contributed by atoms with Crippen molar-refractivity contribution in [3.05, 3.63) is 35.4 Å². The molecule has 0 aliphatic heterocycles. The van der Waals surface area contributed by atoms with E-state index in [0.717, 1.165) is 31.7 Å². The topological polar surface area (TPSA) is 38.7 Å². The van der Waals surface area contributed by atoms with Gasteiger partial charge in [0, 0.05) is 12.7 Å². The van der Waals surface area contributed by atoms with Gasteiger partial charge in [-0.2, -0.15) is 0 Å². The van der Waals surface area contributed by atoms with Crippen LogP contribution in [-0.2, 0) is 9.47 Å². The predicted octanol–water partition coefficient (Wildman–Crippen LogP) is 2.97. The molecule has 3 nitrogen and oxygen atoms in total. The molecule has 0 aromatic heterocycles. The standard InChI is InChI=1S/C15H20F2O3/c1-19-10-4-2-5-11(8-10)20-9-14(18)12-6-3-7-13(16)15(12)17/h3,6-7,10-11,14,18H,2,4-5,8-9H2,1H3. The number of halogens is 2. The molecule has 0 saturated heterocycles. The Balaban J connectivity index is 1.88. The Morgan fingerprint density at radius 1 is 1.30 bits per heavy atom. The van der Waals surface area contributed by atoms with Crippen LogP contribution in [0.4, 0.5) is 8.78 Å². The van der Waals surface area contributed by atoms with Crippen LogP contribution < -0.4 is 0 Å². The van der Waals surface area contributed by atoms with E-state index in [9.17, 15) is 13.9 Å². The SMILES string of the molecule is COC1CCCC(OCC(O)c2cccc(F)c2F)C1. The van der Waals surface area contributed by atoms with E-state index in [2.05, 4.69) is 0 Å². The van der Waals surface area contributed by atoms with Crippen LogP contribution in [-0.4, -0.2) is 31.0 Å². The summed E-state index contributed by atoms with van der Waals surface area (Å²) in [7, 11) is 1.67. The molecule has 1 aliphatic carbocycles. The van der Waals surface area contributed by atoms with E-state index in [1.54, 1.807) is 7.11 Å². The van der Waals surface area contributed by atoms with Crippen molar-refractivity contribution in [3.8, 4) is 0 Å². The molecule has 0 spiro atoms. The van der Waals surface area contributed by atoms with Gasteiger partial charge in [0.05, 0.1) is 18.8 Å². The third kappa shape index (κ3) is 3.75. The Labute approximate surface area is 117 Å². The highest BCUT2D eigenvalue weighted by Crippen LogP contribution is 2.25. The van der Waals surface area contributed by atoms with Gasteiger partial charge in [0.2, 0.25) is 0 Å². The van der Waals surface area contributed by atoms with Crippen LogP contribution >= 0.6 is 0 Å². The lowest BCUT2D eigenvalue weighted by Gasteiger charge is -2.29. The fourth-order valence-corrected chi connectivity index (χ4v) is 2.56. The summed E-state index contributed by atoms with van der Waals surface area (Å²) in [5, 5.41) is 9.92. The fourth-order valence-electron chi connectivity index (χ4n) is 2.56. The maximum Gasteiger partial charge on any atom is 0.164 e. The number of rotatable bonds is 5. The van der Waals surface area contributed by atoms with Gasteiger partial charge in [0.15, 0.2) is 11.6 Å². The number of aliphatic hydroxyl groups is 1. The van der Waals surface area contributed by atoms with Gasteiger partial charge in [-0.05, 0) is 31.7 Å². The average molecular weight is 286 g/mol. The first-order valence-electron chi connectivity index (χ1n) is 6.88. The van der Waals surface area contributed by atoms with Crippen molar-refractivity contribution >= 4 is 0 Å². The molecular weight excluding hydrogens is 266 g/mol. The van der Waals surface area contributed by atoms with E-state index in [0.29, 0.717) is 0 Å². The Bertz CT molecular complexity index is 439. The molecule has 1 saturated carbocycles. The Hall–Kier alpha value is -1.04. The van der Waals surface area contributed by atoms with Crippen LogP contribution in [0.5, 0.6) is 0 Å². The molecule has 1 aromatic rings. The lowest BCUT2D eigenvalue weighted by Crippen LogP contribution is -2.28. The monoisotopic (exact) mass is 286 g/mol. The first-order valence-corrected chi connectivity index (χ1v) is 6.88. The van der Waals surface area contributed by atoms with Crippen LogP contribution in [0.3, 0.4) is 0 Å². The molecule has 0 heterocycles. The van der Waals surface area contributed by atoms with E-state index in [1.807, 2.05) is 0 Å². The van der Waals surface area contributed by atoms with Crippen LogP contribution in [0, 0.1) is 11.6 Å². The summed E-state index contributed by atoms with van der Waals surface area (Å²) in [6.07, 6.45) is 2.71. The third-order valence-corrected chi connectivity index (χ3v) is 3.74. The molecule has 0 amide bonds. The molecule has 20 heavy (non-hydrogen) atoms. The van der Waals surface area contributed by atoms with E-state index in [4.69, 9.17) is 9.47 Å². The molecule has 112 valence electrons. The van der Waals surface area contributed by atoms with Gasteiger partial charge < -0.3 is 14.6 Å². The first-order chi connectivity index (χ1) is 9.61. The van der Waals surface area contributed by atoms with Crippen LogP contribution in [0.15, 0.2) is 18.2 Å². The van der Waals surface area contributed by atoms with Crippen molar-refractivity contribution < 1.29 is 23.4 Å². The molecule has 1 aliphatic rings. The van der Waals surface area contributed by atoms with Crippen molar-refractivity contribution in [2.24, 2.45) is 0 Å². The molecule has 5 heteroatoms. The maximum atomic E-state index is 13.5. The predicted molar refractivity (Wildman–Crippen MR) is 70.3 cm³/mol. The summed E-state index contributed by atoms with van der Waals surface area (Å²) in [4.78, 5) is 0. The highest BCUT2D eigenvalue weighted by Gasteiger charge is 2.24. The number of aliphatic hydroxyl groups excluding tert-OH is 1. The Morgan fingerprint density at radius 3 is 2.80 bits per heavy atom. The van der Waals surface area contributed by atoms with Gasteiger partial charge >= 0.3 is 0 Å². The minimum absolute atomic E-state index is 0.0000274. The molecule has 3 atom stereocenters. The number of hydrogen-bond donors (Lipinski definition) is 1. The van der Waals surface area contributed by atoms with Gasteiger partial charge in [-0.3, -0.25) is 0 Å². The molecule has 2 rings (SSSR count). The summed E-state index contributed by atoms with van der Waals surface area (Å²) in [5.74, 6) is -1.97. The normalized spacial score (nSPS) is 24.6. The van der Waals surface area contributed by atoms with E-state index in [-0.39, 0.29) is 24.4 Å². The largest absolute Gasteiger partial charge is 0.386 e. The molecule has 1 N–H and O–H groups in total. The maximum absolute atomic E-state index is 13.5. The van der Waals surface area contributed by atoms with Gasteiger partial charge in [-0.25, -0.2) is 8.78 Å². The van der Waals surface area contributed by atoms with E-state index < -0.39 is 17.7 Å². The summed E-state index contributed by atoms with van der Waals surface area (Å²) in [6, 6.07) is 3.76. The minimum Gasteiger partial charge on any atom is -0.386 e. The lowest BCUT2D eigenvalue weighted by atomic mass is 9.95. The van der Waals surface area contributed by atoms with E-state index in [1.165, 1.54) is 12.1 Å². The second kappa shape index (κ2) is 7.11. The molecule has 3 unspecified atom stereocenters. The lowest BCUT2D eigenvalue weighted by molar-refractivity contribution is -0.0576. The van der Waals surface area contributed by atoms with Crippen LogP contribution in [0.2, 0.25) is 0 Å². The minimum atomic E-state index is -1.16. The Kier molecular flexibility index (Phi) is 5.46. The number of hydrogen-bond acceptors (Lipinski definition) is 3. The molecule has 0 bridgehead atoms.